The summed E-state index contributed by atoms with van der Waals surface area (Å²) in [7, 11) is 1.61. The first-order chi connectivity index (χ1) is 14.7. The Morgan fingerprint density at radius 3 is 2.50 bits per heavy atom. The summed E-state index contributed by atoms with van der Waals surface area (Å²) in [5.74, 6) is 1.87. The molecule has 1 aliphatic carbocycles. The Hall–Kier alpha value is -2.01. The highest BCUT2D eigenvalue weighted by Crippen LogP contribution is 2.28. The maximum absolute atomic E-state index is 6.11. The molecule has 0 aliphatic heterocycles. The lowest BCUT2D eigenvalue weighted by Gasteiger charge is -2.17. The van der Waals surface area contributed by atoms with Gasteiger partial charge in [0.2, 0.25) is 0 Å². The number of benzene rings is 1. The van der Waals surface area contributed by atoms with Crippen molar-refractivity contribution in [1.82, 2.24) is 0 Å². The van der Waals surface area contributed by atoms with Crippen molar-refractivity contribution in [1.29, 1.82) is 0 Å². The summed E-state index contributed by atoms with van der Waals surface area (Å²) in [6, 6.07) is 4.09. The molecular weight excluding hydrogens is 378 g/mol. The van der Waals surface area contributed by atoms with E-state index >= 15 is 0 Å². The summed E-state index contributed by atoms with van der Waals surface area (Å²) in [6.07, 6.45) is 12.9. The van der Waals surface area contributed by atoms with Crippen LogP contribution in [0.2, 0.25) is 0 Å². The molecule has 1 aromatic rings. The van der Waals surface area contributed by atoms with Gasteiger partial charge in [-0.15, -0.1) is 0 Å². The zero-order valence-corrected chi connectivity index (χ0v) is 19.2. The Morgan fingerprint density at radius 2 is 1.77 bits per heavy atom. The van der Waals surface area contributed by atoms with Crippen LogP contribution in [0, 0.1) is 13.8 Å². The highest BCUT2D eigenvalue weighted by atomic mass is 16.6. The molecule has 1 aromatic carbocycles. The van der Waals surface area contributed by atoms with Crippen LogP contribution in [0.4, 0.5) is 0 Å². The number of rotatable bonds is 12. The second-order valence-electron chi connectivity index (χ2n) is 7.90. The first-order valence-corrected chi connectivity index (χ1v) is 11.3. The topological polar surface area (TPSA) is 49.3 Å². The van der Waals surface area contributed by atoms with E-state index in [2.05, 4.69) is 19.0 Å². The van der Waals surface area contributed by atoms with Gasteiger partial charge in [-0.3, -0.25) is 0 Å². The average molecular weight is 418 g/mol. The van der Waals surface area contributed by atoms with E-state index in [-0.39, 0.29) is 6.10 Å². The van der Waals surface area contributed by atoms with Crippen molar-refractivity contribution in [3.63, 3.8) is 0 Å². The number of oxime groups is 1. The molecule has 0 amide bonds. The standard InChI is InChI=1S/C25H39NO4/c1-5-6-15-28-22-18-20(2)25(21(3)19-22)30-17-12-8-11-16-29-24-14-10-7-9-13-23(24)26-27-4/h5-6,18-19,24H,7-17H2,1-4H3/b6-5+,26-23+. The van der Waals surface area contributed by atoms with Crippen molar-refractivity contribution in [2.75, 3.05) is 26.9 Å². The van der Waals surface area contributed by atoms with E-state index in [1.807, 2.05) is 31.2 Å². The van der Waals surface area contributed by atoms with Gasteiger partial charge in [0.05, 0.1) is 18.4 Å². The van der Waals surface area contributed by atoms with Crippen LogP contribution in [0.25, 0.3) is 0 Å². The molecule has 0 N–H and O–H groups in total. The summed E-state index contributed by atoms with van der Waals surface area (Å²) < 4.78 is 17.9. The van der Waals surface area contributed by atoms with Crippen molar-refractivity contribution in [2.24, 2.45) is 5.16 Å². The maximum Gasteiger partial charge on any atom is 0.125 e. The Labute approximate surface area is 182 Å². The van der Waals surface area contributed by atoms with Gasteiger partial charge in [0.25, 0.3) is 0 Å². The fourth-order valence-corrected chi connectivity index (χ4v) is 3.78. The zero-order chi connectivity index (χ0) is 21.6. The van der Waals surface area contributed by atoms with Crippen molar-refractivity contribution in [2.45, 2.75) is 78.2 Å². The fourth-order valence-electron chi connectivity index (χ4n) is 3.78. The minimum atomic E-state index is 0.127. The Kier molecular flexibility index (Phi) is 11.4. The number of aryl methyl sites for hydroxylation is 2. The molecule has 1 aliphatic rings. The molecule has 5 heteroatoms. The molecule has 0 spiro atoms. The molecule has 0 saturated heterocycles. The quantitative estimate of drug-likeness (QED) is 0.177. The van der Waals surface area contributed by atoms with E-state index in [4.69, 9.17) is 19.0 Å². The third-order valence-corrected chi connectivity index (χ3v) is 5.35. The van der Waals surface area contributed by atoms with Gasteiger partial charge in [-0.25, -0.2) is 0 Å². The predicted molar refractivity (Wildman–Crippen MR) is 123 cm³/mol. The summed E-state index contributed by atoms with van der Waals surface area (Å²) in [5, 5.41) is 4.19. The molecule has 1 atom stereocenters. The van der Waals surface area contributed by atoms with Gasteiger partial charge in [-0.1, -0.05) is 30.1 Å². The van der Waals surface area contributed by atoms with Crippen molar-refractivity contribution in [3.8, 4) is 11.5 Å². The van der Waals surface area contributed by atoms with Gasteiger partial charge >= 0.3 is 0 Å². The van der Waals surface area contributed by atoms with E-state index in [9.17, 15) is 0 Å². The minimum Gasteiger partial charge on any atom is -0.493 e. The van der Waals surface area contributed by atoms with Gasteiger partial charge in [0, 0.05) is 6.61 Å². The largest absolute Gasteiger partial charge is 0.493 e. The lowest BCUT2D eigenvalue weighted by molar-refractivity contribution is 0.0830. The van der Waals surface area contributed by atoms with Gasteiger partial charge in [0.15, 0.2) is 0 Å². The highest BCUT2D eigenvalue weighted by Gasteiger charge is 2.20. The summed E-state index contributed by atoms with van der Waals surface area (Å²) in [5.41, 5.74) is 3.31. The number of allylic oxidation sites excluding steroid dienone is 1. The van der Waals surface area contributed by atoms with E-state index in [1.54, 1.807) is 7.11 Å². The monoisotopic (exact) mass is 417 g/mol. The van der Waals surface area contributed by atoms with Crippen LogP contribution in [0.1, 0.15) is 69.4 Å². The van der Waals surface area contributed by atoms with Crippen LogP contribution in [-0.2, 0) is 9.57 Å². The fraction of sp³-hybridized carbons (Fsp3) is 0.640. The average Bonchev–Trinajstić information content (AvgIpc) is 2.94. The highest BCUT2D eigenvalue weighted by molar-refractivity contribution is 5.88. The van der Waals surface area contributed by atoms with Gasteiger partial charge in [-0.2, -0.15) is 0 Å². The normalized spacial score (nSPS) is 18.5. The number of ether oxygens (including phenoxy) is 3. The Morgan fingerprint density at radius 1 is 1.00 bits per heavy atom. The van der Waals surface area contributed by atoms with Crippen LogP contribution in [-0.4, -0.2) is 38.7 Å². The molecule has 1 unspecified atom stereocenters. The molecule has 30 heavy (non-hydrogen) atoms. The molecular formula is C25H39NO4. The second kappa shape index (κ2) is 14.1. The minimum absolute atomic E-state index is 0.127. The maximum atomic E-state index is 6.11. The van der Waals surface area contributed by atoms with Crippen LogP contribution in [0.5, 0.6) is 11.5 Å². The van der Waals surface area contributed by atoms with E-state index in [1.165, 1.54) is 19.3 Å². The molecule has 0 aromatic heterocycles. The van der Waals surface area contributed by atoms with Gasteiger partial charge in [0.1, 0.15) is 25.2 Å². The second-order valence-corrected chi connectivity index (χ2v) is 7.90. The molecule has 2 rings (SSSR count). The van der Waals surface area contributed by atoms with Crippen LogP contribution in [0.15, 0.2) is 29.4 Å². The van der Waals surface area contributed by atoms with E-state index in [0.717, 1.165) is 73.7 Å². The van der Waals surface area contributed by atoms with Gasteiger partial charge < -0.3 is 19.0 Å². The molecule has 1 fully saturated rings. The summed E-state index contributed by atoms with van der Waals surface area (Å²) >= 11 is 0. The Balaban J connectivity index is 1.67. The summed E-state index contributed by atoms with van der Waals surface area (Å²) in [6.45, 7) is 8.23. The molecule has 0 heterocycles. The smallest absolute Gasteiger partial charge is 0.125 e. The number of hydrogen-bond acceptors (Lipinski definition) is 5. The first-order valence-electron chi connectivity index (χ1n) is 11.3. The molecule has 168 valence electrons. The van der Waals surface area contributed by atoms with Crippen LogP contribution < -0.4 is 9.47 Å². The predicted octanol–water partition coefficient (Wildman–Crippen LogP) is 6.16. The SMILES string of the molecule is C/C=C/COc1cc(C)c(OCCCCCOC2CCCCC/C2=N\OC)c(C)c1. The number of hydrogen-bond donors (Lipinski definition) is 0. The third kappa shape index (κ3) is 8.39. The van der Waals surface area contributed by atoms with Crippen LogP contribution in [0.3, 0.4) is 0 Å². The van der Waals surface area contributed by atoms with Crippen molar-refractivity contribution >= 4 is 5.71 Å². The first kappa shape index (κ1) is 24.3. The van der Waals surface area contributed by atoms with E-state index in [0.29, 0.717) is 6.61 Å². The van der Waals surface area contributed by atoms with Crippen LogP contribution >= 0.6 is 0 Å². The van der Waals surface area contributed by atoms with E-state index < -0.39 is 0 Å². The number of nitrogens with zero attached hydrogens (tertiary/aromatic N) is 1. The summed E-state index contributed by atoms with van der Waals surface area (Å²) in [4.78, 5) is 5.00. The molecule has 0 bridgehead atoms. The molecule has 0 radical (unpaired) electrons. The molecule has 1 saturated carbocycles. The lowest BCUT2D eigenvalue weighted by Crippen LogP contribution is -2.24. The third-order valence-electron chi connectivity index (χ3n) is 5.35. The number of unbranched alkanes of at least 4 members (excludes halogenated alkanes) is 2. The molecule has 5 nitrogen and oxygen atoms in total. The Bertz CT molecular complexity index is 661. The zero-order valence-electron chi connectivity index (χ0n) is 19.2. The van der Waals surface area contributed by atoms with Gasteiger partial charge in [-0.05, 0) is 82.6 Å². The van der Waals surface area contributed by atoms with Crippen molar-refractivity contribution < 1.29 is 19.0 Å². The van der Waals surface area contributed by atoms with Crippen molar-refractivity contribution in [3.05, 3.63) is 35.4 Å². The lowest BCUT2D eigenvalue weighted by atomic mass is 10.1.